The van der Waals surface area contributed by atoms with Crippen LogP contribution in [0.5, 0.6) is 11.5 Å². The molecule has 1 heterocycles. The van der Waals surface area contributed by atoms with E-state index in [0.717, 1.165) is 5.75 Å². The van der Waals surface area contributed by atoms with Gasteiger partial charge in [0, 0.05) is 14.0 Å². The van der Waals surface area contributed by atoms with Gasteiger partial charge in [-0.1, -0.05) is 26.0 Å². The van der Waals surface area contributed by atoms with Gasteiger partial charge in [-0.15, -0.1) is 0 Å². The number of fused-ring (bicyclic) bond motifs is 1. The Morgan fingerprint density at radius 1 is 1.30 bits per heavy atom. The second kappa shape index (κ2) is 7.35. The molecule has 0 fully saturated rings. The Morgan fingerprint density at radius 2 is 1.96 bits per heavy atom. The zero-order valence-electron chi connectivity index (χ0n) is 14.0. The summed E-state index contributed by atoms with van der Waals surface area (Å²) < 4.78 is 11.5. The van der Waals surface area contributed by atoms with Gasteiger partial charge in [0.05, 0.1) is 6.54 Å². The van der Waals surface area contributed by atoms with Crippen molar-refractivity contribution in [2.45, 2.75) is 32.9 Å². The van der Waals surface area contributed by atoms with Crippen molar-refractivity contribution in [3.63, 3.8) is 0 Å². The Hall–Kier alpha value is -2.24. The molecule has 23 heavy (non-hydrogen) atoms. The normalized spacial score (nSPS) is 17.5. The lowest BCUT2D eigenvalue weighted by molar-refractivity contribution is -0.137. The van der Waals surface area contributed by atoms with Crippen molar-refractivity contribution in [3.05, 3.63) is 24.3 Å². The number of rotatable bonds is 5. The highest BCUT2D eigenvalue weighted by Crippen LogP contribution is 2.30. The summed E-state index contributed by atoms with van der Waals surface area (Å²) in [5.74, 6) is 1.08. The summed E-state index contributed by atoms with van der Waals surface area (Å²) in [5.41, 5.74) is 0. The Morgan fingerprint density at radius 3 is 2.57 bits per heavy atom. The standard InChI is InChI=1S/C17H24N2O4/c1-11(2)16(18-12(3)20)17(21)19(4)9-13-10-22-14-7-5-6-8-15(14)23-13/h5-8,11,13,16H,9-10H2,1-4H3,(H,18,20)/t13-,16-/m1/s1. The van der Waals surface area contributed by atoms with Crippen LogP contribution >= 0.6 is 0 Å². The molecule has 0 radical (unpaired) electrons. The average molecular weight is 320 g/mol. The molecule has 126 valence electrons. The van der Waals surface area contributed by atoms with Crippen molar-refractivity contribution in [2.24, 2.45) is 5.92 Å². The van der Waals surface area contributed by atoms with Gasteiger partial charge in [-0.05, 0) is 18.1 Å². The first kappa shape index (κ1) is 17.1. The van der Waals surface area contributed by atoms with Crippen LogP contribution in [-0.2, 0) is 9.59 Å². The van der Waals surface area contributed by atoms with Crippen LogP contribution in [-0.4, -0.2) is 49.1 Å². The average Bonchev–Trinajstić information content (AvgIpc) is 2.51. The number of benzene rings is 1. The zero-order chi connectivity index (χ0) is 17.0. The number of para-hydroxylation sites is 2. The minimum absolute atomic E-state index is 0.0121. The Balaban J connectivity index is 1.97. The molecule has 2 amide bonds. The maximum atomic E-state index is 12.6. The predicted molar refractivity (Wildman–Crippen MR) is 86.4 cm³/mol. The highest BCUT2D eigenvalue weighted by atomic mass is 16.6. The molecule has 1 aliphatic heterocycles. The maximum Gasteiger partial charge on any atom is 0.245 e. The van der Waals surface area contributed by atoms with Crippen LogP contribution in [0.3, 0.4) is 0 Å². The topological polar surface area (TPSA) is 67.9 Å². The second-order valence-electron chi connectivity index (χ2n) is 6.14. The van der Waals surface area contributed by atoms with E-state index < -0.39 is 6.04 Å². The third-order valence-electron chi connectivity index (χ3n) is 3.71. The van der Waals surface area contributed by atoms with Crippen LogP contribution in [0.1, 0.15) is 20.8 Å². The summed E-state index contributed by atoms with van der Waals surface area (Å²) >= 11 is 0. The van der Waals surface area contributed by atoms with Crippen LogP contribution in [0.15, 0.2) is 24.3 Å². The summed E-state index contributed by atoms with van der Waals surface area (Å²) in [5, 5.41) is 2.71. The molecule has 0 unspecified atom stereocenters. The molecule has 1 aliphatic rings. The number of ether oxygens (including phenoxy) is 2. The molecule has 6 nitrogen and oxygen atoms in total. The Kier molecular flexibility index (Phi) is 5.47. The first-order valence-corrected chi connectivity index (χ1v) is 7.79. The number of nitrogens with one attached hydrogen (secondary N) is 1. The van der Waals surface area contributed by atoms with Gasteiger partial charge in [0.25, 0.3) is 0 Å². The second-order valence-corrected chi connectivity index (χ2v) is 6.14. The van der Waals surface area contributed by atoms with Crippen LogP contribution in [0.2, 0.25) is 0 Å². The van der Waals surface area contributed by atoms with E-state index in [1.165, 1.54) is 6.92 Å². The SMILES string of the molecule is CC(=O)N[C@@H](C(=O)N(C)C[C@@H]1COc2ccccc2O1)C(C)C. The number of hydrogen-bond acceptors (Lipinski definition) is 4. The van der Waals surface area contributed by atoms with Crippen molar-refractivity contribution < 1.29 is 19.1 Å². The lowest BCUT2D eigenvalue weighted by Gasteiger charge is -2.32. The molecular formula is C17H24N2O4. The van der Waals surface area contributed by atoms with Gasteiger partial charge in [-0.25, -0.2) is 0 Å². The van der Waals surface area contributed by atoms with Crippen LogP contribution in [0, 0.1) is 5.92 Å². The fraction of sp³-hybridized carbons (Fsp3) is 0.529. The molecule has 2 rings (SSSR count). The number of amides is 2. The first-order valence-electron chi connectivity index (χ1n) is 7.79. The van der Waals surface area contributed by atoms with Crippen molar-refractivity contribution in [1.29, 1.82) is 0 Å². The maximum absolute atomic E-state index is 12.6. The summed E-state index contributed by atoms with van der Waals surface area (Å²) in [6, 6.07) is 6.93. The minimum atomic E-state index is -0.533. The highest BCUT2D eigenvalue weighted by molar-refractivity contribution is 5.87. The molecule has 0 saturated carbocycles. The van der Waals surface area contributed by atoms with E-state index in [2.05, 4.69) is 5.32 Å². The van der Waals surface area contributed by atoms with Gasteiger partial charge >= 0.3 is 0 Å². The molecule has 0 saturated heterocycles. The van der Waals surface area contributed by atoms with E-state index in [-0.39, 0.29) is 23.8 Å². The fourth-order valence-corrected chi connectivity index (χ4v) is 2.52. The minimum Gasteiger partial charge on any atom is -0.486 e. The number of carbonyl (C=O) groups is 2. The van der Waals surface area contributed by atoms with Gasteiger partial charge in [-0.3, -0.25) is 9.59 Å². The van der Waals surface area contributed by atoms with Gasteiger partial charge in [0.2, 0.25) is 11.8 Å². The predicted octanol–water partition coefficient (Wildman–Crippen LogP) is 1.45. The Bertz CT molecular complexity index is 573. The molecule has 1 N–H and O–H groups in total. The largest absolute Gasteiger partial charge is 0.486 e. The van der Waals surface area contributed by atoms with E-state index in [1.807, 2.05) is 38.1 Å². The molecule has 0 aromatic heterocycles. The number of nitrogens with zero attached hydrogens (tertiary/aromatic N) is 1. The molecule has 0 bridgehead atoms. The number of hydrogen-bond donors (Lipinski definition) is 1. The quantitative estimate of drug-likeness (QED) is 0.891. The van der Waals surface area contributed by atoms with Gasteiger partial charge in [0.15, 0.2) is 17.6 Å². The van der Waals surface area contributed by atoms with E-state index in [4.69, 9.17) is 9.47 Å². The molecule has 0 aliphatic carbocycles. The van der Waals surface area contributed by atoms with E-state index in [9.17, 15) is 9.59 Å². The van der Waals surface area contributed by atoms with Crippen molar-refractivity contribution in [2.75, 3.05) is 20.2 Å². The van der Waals surface area contributed by atoms with E-state index in [0.29, 0.717) is 18.9 Å². The molecule has 1 aromatic rings. The highest BCUT2D eigenvalue weighted by Gasteiger charge is 2.29. The Labute approximate surface area is 136 Å². The third-order valence-corrected chi connectivity index (χ3v) is 3.71. The molecule has 6 heteroatoms. The fourth-order valence-electron chi connectivity index (χ4n) is 2.52. The number of likely N-dealkylation sites (N-methyl/N-ethyl adjacent to an activating group) is 1. The van der Waals surface area contributed by atoms with Crippen molar-refractivity contribution in [1.82, 2.24) is 10.2 Å². The summed E-state index contributed by atoms with van der Waals surface area (Å²) in [4.78, 5) is 25.4. The van der Waals surface area contributed by atoms with Crippen molar-refractivity contribution >= 4 is 11.8 Å². The van der Waals surface area contributed by atoms with Crippen molar-refractivity contribution in [3.8, 4) is 11.5 Å². The molecule has 2 atom stereocenters. The summed E-state index contributed by atoms with van der Waals surface area (Å²) in [7, 11) is 1.71. The zero-order valence-corrected chi connectivity index (χ0v) is 14.0. The third kappa shape index (κ3) is 4.37. The van der Waals surface area contributed by atoms with Gasteiger partial charge in [-0.2, -0.15) is 0 Å². The van der Waals surface area contributed by atoms with Crippen LogP contribution in [0.25, 0.3) is 0 Å². The summed E-state index contributed by atoms with van der Waals surface area (Å²) in [6.07, 6.45) is -0.232. The molecule has 0 spiro atoms. The molecule has 1 aromatic carbocycles. The lowest BCUT2D eigenvalue weighted by Crippen LogP contribution is -2.52. The molecular weight excluding hydrogens is 296 g/mol. The van der Waals surface area contributed by atoms with E-state index in [1.54, 1.807) is 11.9 Å². The monoisotopic (exact) mass is 320 g/mol. The smallest absolute Gasteiger partial charge is 0.245 e. The lowest BCUT2D eigenvalue weighted by atomic mass is 10.0. The van der Waals surface area contributed by atoms with Crippen LogP contribution in [0.4, 0.5) is 0 Å². The van der Waals surface area contributed by atoms with E-state index >= 15 is 0 Å². The first-order chi connectivity index (χ1) is 10.9. The summed E-state index contributed by atoms with van der Waals surface area (Å²) in [6.45, 7) is 6.01. The van der Waals surface area contributed by atoms with Crippen LogP contribution < -0.4 is 14.8 Å². The van der Waals surface area contributed by atoms with Gasteiger partial charge < -0.3 is 19.7 Å². The van der Waals surface area contributed by atoms with Gasteiger partial charge in [0.1, 0.15) is 12.6 Å². The number of carbonyl (C=O) groups excluding carboxylic acids is 2.